The van der Waals surface area contributed by atoms with Crippen LogP contribution in [0, 0.1) is 5.92 Å². The molecule has 0 fully saturated rings. The van der Waals surface area contributed by atoms with E-state index in [0.29, 0.717) is 12.0 Å². The molecule has 1 amide bonds. The van der Waals surface area contributed by atoms with Crippen LogP contribution in [0.15, 0.2) is 35.4 Å². The zero-order valence-electron chi connectivity index (χ0n) is 13.0. The highest BCUT2D eigenvalue weighted by molar-refractivity contribution is 5.91. The Kier molecular flexibility index (Phi) is 4.79. The Morgan fingerprint density at radius 2 is 1.96 bits per heavy atom. The van der Waals surface area contributed by atoms with Gasteiger partial charge in [0.15, 0.2) is 0 Å². The number of benzene rings is 1. The van der Waals surface area contributed by atoms with Gasteiger partial charge in [-0.1, -0.05) is 44.2 Å². The largest absolute Gasteiger partial charge is 0.438 e. The van der Waals surface area contributed by atoms with Crippen molar-refractivity contribution in [3.05, 3.63) is 35.9 Å². The lowest BCUT2D eigenvalue weighted by molar-refractivity contribution is -0.302. The molecule has 0 saturated carbocycles. The molecule has 0 aromatic heterocycles. The predicted molar refractivity (Wildman–Crippen MR) is 79.5 cm³/mol. The Bertz CT molecular complexity index is 599. The number of rotatable bonds is 4. The van der Waals surface area contributed by atoms with Gasteiger partial charge in [-0.15, -0.1) is 0 Å². The summed E-state index contributed by atoms with van der Waals surface area (Å²) in [7, 11) is 0. The van der Waals surface area contributed by atoms with Gasteiger partial charge in [0.05, 0.1) is 6.42 Å². The molecule has 0 bridgehead atoms. The van der Waals surface area contributed by atoms with Gasteiger partial charge in [0, 0.05) is 12.1 Å². The zero-order chi connectivity index (χ0) is 17.3. The summed E-state index contributed by atoms with van der Waals surface area (Å²) in [5, 5.41) is 14.1. The molecule has 7 heteroatoms. The number of nitrogens with zero attached hydrogens (tertiary/aromatic N) is 2. The fraction of sp³-hybridized carbons (Fsp3) is 0.500. The van der Waals surface area contributed by atoms with E-state index >= 15 is 0 Å². The smallest absolute Gasteiger partial charge is 0.362 e. The van der Waals surface area contributed by atoms with E-state index in [1.165, 1.54) is 0 Å². The molecule has 1 aromatic rings. The van der Waals surface area contributed by atoms with Crippen molar-refractivity contribution in [2.24, 2.45) is 11.0 Å². The first-order valence-electron chi connectivity index (χ1n) is 7.36. The minimum absolute atomic E-state index is 0.0791. The molecule has 1 aliphatic heterocycles. The van der Waals surface area contributed by atoms with Gasteiger partial charge < -0.3 is 5.11 Å². The molecule has 0 saturated heterocycles. The van der Waals surface area contributed by atoms with Crippen LogP contribution >= 0.6 is 0 Å². The average Bonchev–Trinajstić information content (AvgIpc) is 2.77. The molecule has 1 heterocycles. The van der Waals surface area contributed by atoms with E-state index < -0.39 is 24.2 Å². The maximum absolute atomic E-state index is 13.3. The molecule has 0 aliphatic carbocycles. The molecule has 1 N–H and O–H groups in total. The minimum atomic E-state index is -4.97. The van der Waals surface area contributed by atoms with E-state index in [4.69, 9.17) is 0 Å². The first kappa shape index (κ1) is 17.5. The fourth-order valence-electron chi connectivity index (χ4n) is 2.53. The van der Waals surface area contributed by atoms with Crippen LogP contribution in [0.3, 0.4) is 0 Å². The van der Waals surface area contributed by atoms with E-state index in [2.05, 4.69) is 5.10 Å². The molecule has 1 aromatic carbocycles. The molecule has 0 spiro atoms. The third-order valence-electron chi connectivity index (χ3n) is 3.57. The SMILES string of the molecule is CC(C)CC1=NN(C(=O)Cc2ccccc2)[C@@](O)(C(F)(F)F)C1. The number of amides is 1. The van der Waals surface area contributed by atoms with Crippen LogP contribution in [0.1, 0.15) is 32.3 Å². The molecule has 0 radical (unpaired) electrons. The Hall–Kier alpha value is -1.89. The quantitative estimate of drug-likeness (QED) is 0.923. The first-order valence-corrected chi connectivity index (χ1v) is 7.36. The molecule has 126 valence electrons. The third kappa shape index (κ3) is 3.72. The topological polar surface area (TPSA) is 52.9 Å². The average molecular weight is 328 g/mol. The second kappa shape index (κ2) is 6.31. The maximum Gasteiger partial charge on any atom is 0.438 e. The highest BCUT2D eigenvalue weighted by atomic mass is 19.4. The van der Waals surface area contributed by atoms with E-state index in [-0.39, 0.29) is 23.1 Å². The highest BCUT2D eigenvalue weighted by Crippen LogP contribution is 2.41. The van der Waals surface area contributed by atoms with Crippen LogP contribution in [0.5, 0.6) is 0 Å². The standard InChI is InChI=1S/C16H19F3N2O2/c1-11(2)8-13-10-15(23,16(17,18)19)21(20-13)14(22)9-12-6-4-3-5-7-12/h3-7,11,23H,8-10H2,1-2H3/t15-/m0/s1. The number of hydrogen-bond acceptors (Lipinski definition) is 3. The van der Waals surface area contributed by atoms with Crippen molar-refractivity contribution in [3.63, 3.8) is 0 Å². The number of halogens is 3. The van der Waals surface area contributed by atoms with Gasteiger partial charge in [-0.05, 0) is 17.9 Å². The van der Waals surface area contributed by atoms with Gasteiger partial charge in [-0.25, -0.2) is 0 Å². The van der Waals surface area contributed by atoms with Gasteiger partial charge in [0.1, 0.15) is 0 Å². The van der Waals surface area contributed by atoms with Crippen molar-refractivity contribution in [1.29, 1.82) is 0 Å². The van der Waals surface area contributed by atoms with Gasteiger partial charge in [-0.2, -0.15) is 23.3 Å². The summed E-state index contributed by atoms with van der Waals surface area (Å²) < 4.78 is 39.9. The van der Waals surface area contributed by atoms with Gasteiger partial charge in [0.25, 0.3) is 5.72 Å². The van der Waals surface area contributed by atoms with Crippen molar-refractivity contribution >= 4 is 11.6 Å². The van der Waals surface area contributed by atoms with E-state index in [1.54, 1.807) is 30.3 Å². The Morgan fingerprint density at radius 1 is 1.35 bits per heavy atom. The van der Waals surface area contributed by atoms with Crippen LogP contribution < -0.4 is 0 Å². The lowest BCUT2D eigenvalue weighted by atomic mass is 9.99. The molecule has 1 aliphatic rings. The molecule has 0 unspecified atom stereocenters. The van der Waals surface area contributed by atoms with E-state index in [0.717, 1.165) is 0 Å². The van der Waals surface area contributed by atoms with Gasteiger partial charge in [0.2, 0.25) is 5.91 Å². The zero-order valence-corrected chi connectivity index (χ0v) is 13.0. The first-order chi connectivity index (χ1) is 10.6. The fourth-order valence-corrected chi connectivity index (χ4v) is 2.53. The van der Waals surface area contributed by atoms with Crippen LogP contribution in [-0.2, 0) is 11.2 Å². The van der Waals surface area contributed by atoms with Crippen LogP contribution in [0.2, 0.25) is 0 Å². The lowest BCUT2D eigenvalue weighted by Crippen LogP contribution is -2.57. The molecule has 1 atom stereocenters. The van der Waals surface area contributed by atoms with Crippen LogP contribution in [0.4, 0.5) is 13.2 Å². The summed E-state index contributed by atoms with van der Waals surface area (Å²) in [6, 6.07) is 8.40. The molecule has 23 heavy (non-hydrogen) atoms. The summed E-state index contributed by atoms with van der Waals surface area (Å²) in [6.07, 6.45) is -5.62. The van der Waals surface area contributed by atoms with Crippen molar-refractivity contribution in [1.82, 2.24) is 5.01 Å². The van der Waals surface area contributed by atoms with Gasteiger partial charge >= 0.3 is 6.18 Å². The summed E-state index contributed by atoms with van der Waals surface area (Å²) in [4.78, 5) is 12.3. The Morgan fingerprint density at radius 3 is 2.48 bits per heavy atom. The lowest BCUT2D eigenvalue weighted by Gasteiger charge is -2.32. The number of alkyl halides is 3. The van der Waals surface area contributed by atoms with Crippen molar-refractivity contribution in [3.8, 4) is 0 Å². The van der Waals surface area contributed by atoms with E-state index in [1.807, 2.05) is 13.8 Å². The molecular formula is C16H19F3N2O2. The highest BCUT2D eigenvalue weighted by Gasteiger charge is 2.62. The van der Waals surface area contributed by atoms with Crippen LogP contribution in [-0.4, -0.2) is 33.6 Å². The third-order valence-corrected chi connectivity index (χ3v) is 3.57. The summed E-state index contributed by atoms with van der Waals surface area (Å²) in [6.45, 7) is 3.67. The normalized spacial score (nSPS) is 21.7. The van der Waals surface area contributed by atoms with Crippen molar-refractivity contribution in [2.75, 3.05) is 0 Å². The van der Waals surface area contributed by atoms with Crippen LogP contribution in [0.25, 0.3) is 0 Å². The molecular weight excluding hydrogens is 309 g/mol. The van der Waals surface area contributed by atoms with Gasteiger partial charge in [-0.3, -0.25) is 4.79 Å². The van der Waals surface area contributed by atoms with Crippen molar-refractivity contribution < 1.29 is 23.1 Å². The number of hydrogen-bond donors (Lipinski definition) is 1. The monoisotopic (exact) mass is 328 g/mol. The summed E-state index contributed by atoms with van der Waals surface area (Å²) in [5.41, 5.74) is -2.51. The minimum Gasteiger partial charge on any atom is -0.362 e. The second-order valence-corrected chi connectivity index (χ2v) is 6.12. The molecule has 4 nitrogen and oxygen atoms in total. The van der Waals surface area contributed by atoms with Crippen molar-refractivity contribution in [2.45, 2.75) is 45.0 Å². The number of hydrazone groups is 1. The van der Waals surface area contributed by atoms with E-state index in [9.17, 15) is 23.1 Å². The number of carbonyl (C=O) groups is 1. The summed E-state index contributed by atoms with van der Waals surface area (Å²) in [5.74, 6) is -0.801. The number of aliphatic hydroxyl groups is 1. The number of carbonyl (C=O) groups excluding carboxylic acids is 1. The summed E-state index contributed by atoms with van der Waals surface area (Å²) >= 11 is 0. The second-order valence-electron chi connectivity index (χ2n) is 6.12. The predicted octanol–water partition coefficient (Wildman–Crippen LogP) is 3.11. The maximum atomic E-state index is 13.3. The molecule has 2 rings (SSSR count). The Labute approximate surface area is 132 Å². The Balaban J connectivity index is 2.26.